The van der Waals surface area contributed by atoms with Crippen LogP contribution in [0.4, 0.5) is 5.82 Å². The van der Waals surface area contributed by atoms with Gasteiger partial charge in [0.15, 0.2) is 0 Å². The molecule has 24 heavy (non-hydrogen) atoms. The van der Waals surface area contributed by atoms with Crippen molar-refractivity contribution in [3.8, 4) is 11.4 Å². The number of pyridine rings is 1. The monoisotopic (exact) mass is 325 g/mol. The summed E-state index contributed by atoms with van der Waals surface area (Å²) in [6, 6.07) is 7.29. The van der Waals surface area contributed by atoms with E-state index >= 15 is 0 Å². The van der Waals surface area contributed by atoms with Crippen LogP contribution >= 0.6 is 0 Å². The molecule has 1 aliphatic heterocycles. The molecule has 0 aliphatic carbocycles. The molecule has 2 N–H and O–H groups in total. The molecule has 3 heterocycles. The third kappa shape index (κ3) is 2.96. The Kier molecular flexibility index (Phi) is 4.46. The second-order valence-corrected chi connectivity index (χ2v) is 6.27. The van der Waals surface area contributed by atoms with Crippen LogP contribution in [0.3, 0.4) is 0 Å². The van der Waals surface area contributed by atoms with E-state index in [9.17, 15) is 4.79 Å². The molecule has 0 saturated carbocycles. The van der Waals surface area contributed by atoms with Crippen molar-refractivity contribution in [1.29, 1.82) is 0 Å². The lowest BCUT2D eigenvalue weighted by Gasteiger charge is -2.31. The number of aromatic nitrogens is 3. The van der Waals surface area contributed by atoms with E-state index in [0.29, 0.717) is 18.2 Å². The molecule has 0 radical (unpaired) electrons. The van der Waals surface area contributed by atoms with Gasteiger partial charge in [0.25, 0.3) is 0 Å². The van der Waals surface area contributed by atoms with E-state index in [1.54, 1.807) is 6.20 Å². The number of amides is 1. The lowest BCUT2D eigenvalue weighted by Crippen LogP contribution is -2.41. The molecule has 1 aliphatic rings. The molecule has 0 spiro atoms. The number of hydrogen-bond acceptors (Lipinski definition) is 5. The van der Waals surface area contributed by atoms with Crippen LogP contribution in [-0.2, 0) is 4.79 Å². The molecular weight excluding hydrogens is 302 g/mol. The Labute approximate surface area is 142 Å². The average molecular weight is 325 g/mol. The van der Waals surface area contributed by atoms with Gasteiger partial charge in [0.05, 0.1) is 11.4 Å². The number of nitrogens with one attached hydrogen (secondary N) is 2. The summed E-state index contributed by atoms with van der Waals surface area (Å²) in [7, 11) is 0. The van der Waals surface area contributed by atoms with E-state index in [2.05, 4.69) is 39.4 Å². The number of anilines is 1. The van der Waals surface area contributed by atoms with Crippen LogP contribution in [0.15, 0.2) is 30.5 Å². The fourth-order valence-electron chi connectivity index (χ4n) is 3.31. The van der Waals surface area contributed by atoms with E-state index in [1.807, 2.05) is 31.2 Å². The van der Waals surface area contributed by atoms with E-state index < -0.39 is 0 Å². The van der Waals surface area contributed by atoms with Crippen LogP contribution in [0.2, 0.25) is 0 Å². The minimum atomic E-state index is -0.279. The van der Waals surface area contributed by atoms with Crippen molar-refractivity contribution in [2.75, 3.05) is 11.9 Å². The molecule has 1 fully saturated rings. The van der Waals surface area contributed by atoms with Gasteiger partial charge >= 0.3 is 0 Å². The highest BCUT2D eigenvalue weighted by molar-refractivity contribution is 5.88. The first-order chi connectivity index (χ1) is 11.6. The van der Waals surface area contributed by atoms with E-state index in [0.717, 1.165) is 24.2 Å². The molecular formula is C18H23N5O. The van der Waals surface area contributed by atoms with Crippen molar-refractivity contribution in [3.63, 3.8) is 0 Å². The van der Waals surface area contributed by atoms with Crippen LogP contribution in [0.1, 0.15) is 32.5 Å². The fourth-order valence-corrected chi connectivity index (χ4v) is 3.31. The van der Waals surface area contributed by atoms with Gasteiger partial charge in [-0.2, -0.15) is 0 Å². The van der Waals surface area contributed by atoms with E-state index in [4.69, 9.17) is 0 Å². The van der Waals surface area contributed by atoms with Gasteiger partial charge in [0.2, 0.25) is 5.91 Å². The topological polar surface area (TPSA) is 79.8 Å². The summed E-state index contributed by atoms with van der Waals surface area (Å²) >= 11 is 0. The van der Waals surface area contributed by atoms with Gasteiger partial charge in [-0.1, -0.05) is 19.9 Å². The summed E-state index contributed by atoms with van der Waals surface area (Å²) < 4.78 is 0. The summed E-state index contributed by atoms with van der Waals surface area (Å²) in [5.74, 6) is 1.35. The van der Waals surface area contributed by atoms with Crippen LogP contribution in [0, 0.1) is 12.3 Å². The first-order valence-corrected chi connectivity index (χ1v) is 8.39. The van der Waals surface area contributed by atoms with Crippen molar-refractivity contribution < 1.29 is 4.79 Å². The van der Waals surface area contributed by atoms with Crippen LogP contribution < -0.4 is 10.6 Å². The van der Waals surface area contributed by atoms with Crippen molar-refractivity contribution in [2.45, 2.75) is 39.7 Å². The summed E-state index contributed by atoms with van der Waals surface area (Å²) in [6.07, 6.45) is 3.59. The maximum atomic E-state index is 12.3. The Morgan fingerprint density at radius 2 is 2.04 bits per heavy atom. The lowest BCUT2D eigenvalue weighted by molar-refractivity contribution is -0.120. The number of aryl methyl sites for hydroxylation is 1. The van der Waals surface area contributed by atoms with Gasteiger partial charge in [0, 0.05) is 24.2 Å². The Balaban J connectivity index is 1.93. The number of carbonyl (C=O) groups is 1. The highest BCUT2D eigenvalue weighted by Crippen LogP contribution is 2.35. The van der Waals surface area contributed by atoms with Crippen molar-refractivity contribution in [2.24, 2.45) is 5.41 Å². The first kappa shape index (κ1) is 16.4. The number of nitrogens with zero attached hydrogens (tertiary/aromatic N) is 3. The largest absolute Gasteiger partial charge is 0.358 e. The number of rotatable bonds is 5. The second-order valence-electron chi connectivity index (χ2n) is 6.27. The van der Waals surface area contributed by atoms with Crippen molar-refractivity contribution >= 4 is 11.7 Å². The summed E-state index contributed by atoms with van der Waals surface area (Å²) in [6.45, 7) is 6.80. The SMILES string of the molecule is CCC1(CC)CNC(=O)C1Nc1cc(-c2ccccn2)nc(C)n1. The second kappa shape index (κ2) is 6.55. The Morgan fingerprint density at radius 1 is 1.25 bits per heavy atom. The molecule has 0 aromatic carbocycles. The number of carbonyl (C=O) groups excluding carboxylic acids is 1. The quantitative estimate of drug-likeness (QED) is 0.883. The predicted octanol–water partition coefficient (Wildman–Crippen LogP) is 2.56. The molecule has 1 saturated heterocycles. The molecule has 0 bridgehead atoms. The molecule has 1 atom stereocenters. The zero-order valence-electron chi connectivity index (χ0n) is 14.3. The van der Waals surface area contributed by atoms with Crippen LogP contribution in [0.5, 0.6) is 0 Å². The Bertz CT molecular complexity index is 727. The maximum Gasteiger partial charge on any atom is 0.243 e. The predicted molar refractivity (Wildman–Crippen MR) is 93.4 cm³/mol. The van der Waals surface area contributed by atoms with E-state index in [1.165, 1.54) is 0 Å². The highest BCUT2D eigenvalue weighted by atomic mass is 16.2. The summed E-state index contributed by atoms with van der Waals surface area (Å²) in [5.41, 5.74) is 1.46. The van der Waals surface area contributed by atoms with Crippen LogP contribution in [0.25, 0.3) is 11.4 Å². The van der Waals surface area contributed by atoms with Gasteiger partial charge in [-0.3, -0.25) is 9.78 Å². The third-order valence-electron chi connectivity index (χ3n) is 4.95. The Hall–Kier alpha value is -2.50. The van der Waals surface area contributed by atoms with Gasteiger partial charge in [-0.15, -0.1) is 0 Å². The zero-order chi connectivity index (χ0) is 17.2. The lowest BCUT2D eigenvalue weighted by atomic mass is 9.78. The molecule has 1 amide bonds. The van der Waals surface area contributed by atoms with Crippen molar-refractivity contribution in [1.82, 2.24) is 20.3 Å². The van der Waals surface area contributed by atoms with Gasteiger partial charge in [-0.05, 0) is 31.9 Å². The van der Waals surface area contributed by atoms with Gasteiger partial charge in [-0.25, -0.2) is 9.97 Å². The van der Waals surface area contributed by atoms with Crippen LogP contribution in [-0.4, -0.2) is 33.4 Å². The molecule has 126 valence electrons. The zero-order valence-corrected chi connectivity index (χ0v) is 14.3. The fraction of sp³-hybridized carbons (Fsp3) is 0.444. The minimum absolute atomic E-state index is 0.0364. The third-order valence-corrected chi connectivity index (χ3v) is 4.95. The molecule has 2 aromatic heterocycles. The minimum Gasteiger partial charge on any atom is -0.358 e. The normalized spacial score (nSPS) is 19.1. The van der Waals surface area contributed by atoms with Gasteiger partial charge < -0.3 is 10.6 Å². The Morgan fingerprint density at radius 3 is 2.71 bits per heavy atom. The smallest absolute Gasteiger partial charge is 0.243 e. The molecule has 1 unspecified atom stereocenters. The summed E-state index contributed by atoms with van der Waals surface area (Å²) in [4.78, 5) is 25.6. The maximum absolute atomic E-state index is 12.3. The van der Waals surface area contributed by atoms with E-state index in [-0.39, 0.29) is 17.4 Å². The molecule has 3 rings (SSSR count). The average Bonchev–Trinajstić information content (AvgIpc) is 2.92. The van der Waals surface area contributed by atoms with Gasteiger partial charge in [0.1, 0.15) is 17.7 Å². The molecule has 2 aromatic rings. The standard InChI is InChI=1S/C18H23N5O/c1-4-18(5-2)11-20-17(24)16(18)23-15-10-14(21-12(3)22-15)13-8-6-7-9-19-13/h6-10,16H,4-5,11H2,1-3H3,(H,20,24)(H,21,22,23). The summed E-state index contributed by atoms with van der Waals surface area (Å²) in [5, 5.41) is 6.33. The number of hydrogen-bond donors (Lipinski definition) is 2. The highest BCUT2D eigenvalue weighted by Gasteiger charge is 2.46. The molecule has 6 heteroatoms. The van der Waals surface area contributed by atoms with Crippen molar-refractivity contribution in [3.05, 3.63) is 36.3 Å². The first-order valence-electron chi connectivity index (χ1n) is 8.39. The molecule has 6 nitrogen and oxygen atoms in total.